The summed E-state index contributed by atoms with van der Waals surface area (Å²) in [7, 11) is 1.73. The molecule has 2 N–H and O–H groups in total. The van der Waals surface area contributed by atoms with Crippen molar-refractivity contribution in [2.45, 2.75) is 52.5 Å². The number of halogens is 1. The Balaban J connectivity index is 0.00000312. The number of carbonyl (C=O) groups excluding carboxylic acids is 1. The summed E-state index contributed by atoms with van der Waals surface area (Å²) in [5, 5.41) is 11.0. The van der Waals surface area contributed by atoms with Gasteiger partial charge in [-0.1, -0.05) is 6.92 Å². The summed E-state index contributed by atoms with van der Waals surface area (Å²) in [6.45, 7) is 11.6. The molecule has 2 heterocycles. The van der Waals surface area contributed by atoms with E-state index in [2.05, 4.69) is 43.4 Å². The Morgan fingerprint density at radius 1 is 1.40 bits per heavy atom. The maximum absolute atomic E-state index is 12.7. The minimum atomic E-state index is -0.129. The summed E-state index contributed by atoms with van der Waals surface area (Å²) in [6.07, 6.45) is 4.52. The lowest BCUT2D eigenvalue weighted by Gasteiger charge is -2.37. The first-order valence-corrected chi connectivity index (χ1v) is 8.88. The van der Waals surface area contributed by atoms with Gasteiger partial charge in [0, 0.05) is 19.1 Å². The van der Waals surface area contributed by atoms with Crippen molar-refractivity contribution in [1.82, 2.24) is 20.4 Å². The van der Waals surface area contributed by atoms with E-state index in [1.54, 1.807) is 13.3 Å². The Kier molecular flexibility index (Phi) is 7.90. The molecule has 144 valence electrons. The minimum absolute atomic E-state index is 0. The van der Waals surface area contributed by atoms with Crippen LogP contribution in [0.3, 0.4) is 0 Å². The molecule has 7 heteroatoms. The SMILES string of the molecule is CCc1c(C(=O)NCC2(COC)CCNCC2)cnn1C(C)(C)C.Cl. The maximum Gasteiger partial charge on any atom is 0.254 e. The molecule has 0 radical (unpaired) electrons. The molecule has 0 aliphatic carbocycles. The van der Waals surface area contributed by atoms with Crippen LogP contribution in [0.1, 0.15) is 56.6 Å². The van der Waals surface area contributed by atoms with Crippen LogP contribution in [0.4, 0.5) is 0 Å². The number of aromatic nitrogens is 2. The standard InChI is InChI=1S/C18H32N4O2.ClH/c1-6-15-14(11-21-22(15)17(2,3)4)16(23)20-12-18(13-24-5)7-9-19-10-8-18;/h11,19H,6-10,12-13H2,1-5H3,(H,20,23);1H. The lowest BCUT2D eigenvalue weighted by Crippen LogP contribution is -2.47. The monoisotopic (exact) mass is 372 g/mol. The molecule has 0 aromatic carbocycles. The van der Waals surface area contributed by atoms with E-state index in [4.69, 9.17) is 4.74 Å². The fourth-order valence-corrected chi connectivity index (χ4v) is 3.48. The van der Waals surface area contributed by atoms with E-state index >= 15 is 0 Å². The summed E-state index contributed by atoms with van der Waals surface area (Å²) in [6, 6.07) is 0. The quantitative estimate of drug-likeness (QED) is 0.804. The van der Waals surface area contributed by atoms with Crippen LogP contribution in [-0.4, -0.2) is 49.0 Å². The normalized spacial score (nSPS) is 17.0. The first-order valence-electron chi connectivity index (χ1n) is 8.88. The highest BCUT2D eigenvalue weighted by Crippen LogP contribution is 2.28. The van der Waals surface area contributed by atoms with Gasteiger partial charge in [0.15, 0.2) is 0 Å². The average molecular weight is 373 g/mol. The summed E-state index contributed by atoms with van der Waals surface area (Å²) in [5.41, 5.74) is 1.58. The number of methoxy groups -OCH3 is 1. The number of piperidine rings is 1. The van der Waals surface area contributed by atoms with E-state index in [1.807, 2.05) is 4.68 Å². The molecule has 0 spiro atoms. The van der Waals surface area contributed by atoms with E-state index in [0.717, 1.165) is 38.0 Å². The van der Waals surface area contributed by atoms with Crippen LogP contribution in [0.25, 0.3) is 0 Å². The number of amides is 1. The van der Waals surface area contributed by atoms with E-state index < -0.39 is 0 Å². The number of ether oxygens (including phenoxy) is 1. The minimum Gasteiger partial charge on any atom is -0.384 e. The highest BCUT2D eigenvalue weighted by atomic mass is 35.5. The van der Waals surface area contributed by atoms with Gasteiger partial charge in [-0.15, -0.1) is 12.4 Å². The highest BCUT2D eigenvalue weighted by molar-refractivity contribution is 5.95. The van der Waals surface area contributed by atoms with Gasteiger partial charge in [0.05, 0.1) is 29.6 Å². The van der Waals surface area contributed by atoms with E-state index in [-0.39, 0.29) is 29.3 Å². The number of hydrogen-bond acceptors (Lipinski definition) is 4. The third-order valence-corrected chi connectivity index (χ3v) is 4.82. The molecular weight excluding hydrogens is 340 g/mol. The first-order chi connectivity index (χ1) is 11.3. The number of nitrogens with zero attached hydrogens (tertiary/aromatic N) is 2. The average Bonchev–Trinajstić information content (AvgIpc) is 2.98. The maximum atomic E-state index is 12.7. The van der Waals surface area contributed by atoms with E-state index in [1.165, 1.54) is 0 Å². The fraction of sp³-hybridized carbons (Fsp3) is 0.778. The molecule has 1 amide bonds. The van der Waals surface area contributed by atoms with Gasteiger partial charge in [0.1, 0.15) is 0 Å². The van der Waals surface area contributed by atoms with Crippen LogP contribution < -0.4 is 10.6 Å². The lowest BCUT2D eigenvalue weighted by molar-refractivity contribution is 0.0511. The topological polar surface area (TPSA) is 68.2 Å². The number of nitrogens with one attached hydrogen (secondary N) is 2. The van der Waals surface area contributed by atoms with Gasteiger partial charge in [-0.05, 0) is 53.1 Å². The second kappa shape index (κ2) is 9.01. The van der Waals surface area contributed by atoms with Gasteiger partial charge >= 0.3 is 0 Å². The van der Waals surface area contributed by atoms with Crippen molar-refractivity contribution in [2.75, 3.05) is 33.4 Å². The van der Waals surface area contributed by atoms with Crippen LogP contribution in [0, 0.1) is 5.41 Å². The molecule has 0 saturated carbocycles. The number of carbonyl (C=O) groups is 1. The molecular formula is C18H33ClN4O2. The van der Waals surface area contributed by atoms with Crippen LogP contribution in [0.5, 0.6) is 0 Å². The third-order valence-electron chi connectivity index (χ3n) is 4.82. The fourth-order valence-electron chi connectivity index (χ4n) is 3.48. The van der Waals surface area contributed by atoms with E-state index in [0.29, 0.717) is 18.7 Å². The Morgan fingerprint density at radius 2 is 2.04 bits per heavy atom. The third kappa shape index (κ3) is 5.19. The molecule has 1 aromatic heterocycles. The van der Waals surface area contributed by atoms with Crippen molar-refractivity contribution < 1.29 is 9.53 Å². The molecule has 6 nitrogen and oxygen atoms in total. The van der Waals surface area contributed by atoms with Gasteiger partial charge in [-0.3, -0.25) is 9.48 Å². The Morgan fingerprint density at radius 3 is 2.56 bits per heavy atom. The summed E-state index contributed by atoms with van der Waals surface area (Å²) >= 11 is 0. The van der Waals surface area contributed by atoms with Crippen LogP contribution in [0.2, 0.25) is 0 Å². The zero-order valence-electron chi connectivity index (χ0n) is 16.1. The predicted molar refractivity (Wildman–Crippen MR) is 103 cm³/mol. The van der Waals surface area contributed by atoms with Gasteiger partial charge in [0.25, 0.3) is 5.91 Å². The number of hydrogen-bond donors (Lipinski definition) is 2. The zero-order valence-corrected chi connectivity index (χ0v) is 17.0. The Hall–Kier alpha value is -1.11. The lowest BCUT2D eigenvalue weighted by atomic mass is 9.79. The molecule has 1 aliphatic rings. The van der Waals surface area contributed by atoms with Crippen molar-refractivity contribution in [3.63, 3.8) is 0 Å². The van der Waals surface area contributed by atoms with Crippen molar-refractivity contribution in [2.24, 2.45) is 5.41 Å². The smallest absolute Gasteiger partial charge is 0.254 e. The molecule has 0 bridgehead atoms. The molecule has 1 saturated heterocycles. The molecule has 0 unspecified atom stereocenters. The summed E-state index contributed by atoms with van der Waals surface area (Å²) in [5.74, 6) is -0.0311. The molecule has 1 fully saturated rings. The molecule has 0 atom stereocenters. The zero-order chi connectivity index (χ0) is 17.8. The van der Waals surface area contributed by atoms with Crippen LogP contribution in [0.15, 0.2) is 6.20 Å². The molecule has 1 aromatic rings. The Labute approximate surface area is 157 Å². The van der Waals surface area contributed by atoms with Crippen molar-refractivity contribution in [1.29, 1.82) is 0 Å². The van der Waals surface area contributed by atoms with Crippen molar-refractivity contribution >= 4 is 18.3 Å². The van der Waals surface area contributed by atoms with Gasteiger partial charge in [-0.2, -0.15) is 5.10 Å². The first kappa shape index (κ1) is 21.9. The van der Waals surface area contributed by atoms with Crippen molar-refractivity contribution in [3.8, 4) is 0 Å². The molecule has 2 rings (SSSR count). The molecule has 25 heavy (non-hydrogen) atoms. The van der Waals surface area contributed by atoms with Gasteiger partial charge in [0.2, 0.25) is 0 Å². The van der Waals surface area contributed by atoms with Crippen molar-refractivity contribution in [3.05, 3.63) is 17.5 Å². The van der Waals surface area contributed by atoms with E-state index in [9.17, 15) is 4.79 Å². The largest absolute Gasteiger partial charge is 0.384 e. The second-order valence-electron chi connectivity index (χ2n) is 7.81. The summed E-state index contributed by atoms with van der Waals surface area (Å²) < 4.78 is 7.38. The Bertz CT molecular complexity index is 554. The van der Waals surface area contributed by atoms with Gasteiger partial charge < -0.3 is 15.4 Å². The number of rotatable bonds is 6. The second-order valence-corrected chi connectivity index (χ2v) is 7.81. The van der Waals surface area contributed by atoms with Crippen LogP contribution in [-0.2, 0) is 16.7 Å². The molecule has 1 aliphatic heterocycles. The van der Waals surface area contributed by atoms with Gasteiger partial charge in [-0.25, -0.2) is 0 Å². The van der Waals surface area contributed by atoms with Crippen LogP contribution >= 0.6 is 12.4 Å². The highest BCUT2D eigenvalue weighted by Gasteiger charge is 2.33. The predicted octanol–water partition coefficient (Wildman–Crippen LogP) is 2.37. The summed E-state index contributed by atoms with van der Waals surface area (Å²) in [4.78, 5) is 12.7.